The molecule has 16 heteroatoms. The van der Waals surface area contributed by atoms with Gasteiger partial charge in [-0.05, 0) is 24.3 Å². The first-order valence-electron chi connectivity index (χ1n) is 10.8. The van der Waals surface area contributed by atoms with Crippen molar-refractivity contribution in [2.75, 3.05) is 6.54 Å². The Bertz CT molecular complexity index is 1620. The Hall–Kier alpha value is -4.63. The van der Waals surface area contributed by atoms with E-state index in [4.69, 9.17) is 4.42 Å². The average Bonchev–Trinajstić information content (AvgIpc) is 3.66. The average molecular weight is 519 g/mol. The molecule has 1 N–H and O–H groups in total. The Labute approximate surface area is 202 Å². The van der Waals surface area contributed by atoms with Crippen molar-refractivity contribution >= 4 is 11.4 Å². The molecule has 0 radical (unpaired) electrons. The number of aromatic amines is 1. The molecule has 6 heterocycles. The molecule has 1 aliphatic rings. The standard InChI is InChI=1S/C21H14F5N9O2/c22-20(23)35-7-4-12(31-35)17-29-30-18(37-17)19(36)33-6-3-11-15(28-9-27-11)16(33)13-8-14-10(21(24,25)26)2-1-5-34(14)32-13/h1-2,4-5,7-9,16,20H,3,6H2,(H,27,28). The van der Waals surface area contributed by atoms with Crippen molar-refractivity contribution in [3.05, 3.63) is 71.5 Å². The van der Waals surface area contributed by atoms with Gasteiger partial charge in [0, 0.05) is 31.1 Å². The first-order chi connectivity index (χ1) is 17.7. The first-order valence-corrected chi connectivity index (χ1v) is 10.8. The molecule has 1 aliphatic heterocycles. The van der Waals surface area contributed by atoms with Crippen LogP contribution in [0.15, 0.2) is 47.4 Å². The van der Waals surface area contributed by atoms with Crippen LogP contribution in [0.25, 0.3) is 17.1 Å². The quantitative estimate of drug-likeness (QED) is 0.361. The molecule has 6 rings (SSSR count). The van der Waals surface area contributed by atoms with E-state index in [2.05, 4.69) is 30.4 Å². The van der Waals surface area contributed by atoms with Gasteiger partial charge in [0.25, 0.3) is 5.89 Å². The number of hydrogen-bond acceptors (Lipinski definition) is 7. The zero-order valence-corrected chi connectivity index (χ0v) is 18.4. The molecule has 0 spiro atoms. The van der Waals surface area contributed by atoms with Gasteiger partial charge in [-0.25, -0.2) is 14.2 Å². The number of aromatic nitrogens is 8. The number of halogens is 5. The van der Waals surface area contributed by atoms with Crippen LogP contribution in [0.3, 0.4) is 0 Å². The number of amides is 1. The second-order valence-corrected chi connectivity index (χ2v) is 8.11. The van der Waals surface area contributed by atoms with Crippen molar-refractivity contribution < 1.29 is 31.2 Å². The first kappa shape index (κ1) is 22.8. The number of carbonyl (C=O) groups is 1. The zero-order valence-electron chi connectivity index (χ0n) is 18.4. The van der Waals surface area contributed by atoms with Crippen molar-refractivity contribution in [3.63, 3.8) is 0 Å². The van der Waals surface area contributed by atoms with Crippen LogP contribution in [0.4, 0.5) is 22.0 Å². The summed E-state index contributed by atoms with van der Waals surface area (Å²) in [4.78, 5) is 22.0. The van der Waals surface area contributed by atoms with Gasteiger partial charge in [0.2, 0.25) is 0 Å². The molecule has 1 unspecified atom stereocenters. The van der Waals surface area contributed by atoms with Gasteiger partial charge in [0.1, 0.15) is 11.7 Å². The molecule has 0 saturated heterocycles. The van der Waals surface area contributed by atoms with E-state index in [1.54, 1.807) is 0 Å². The van der Waals surface area contributed by atoms with E-state index in [1.807, 2.05) is 0 Å². The van der Waals surface area contributed by atoms with E-state index in [1.165, 1.54) is 35.6 Å². The molecule has 11 nitrogen and oxygen atoms in total. The maximum atomic E-state index is 13.6. The summed E-state index contributed by atoms with van der Waals surface area (Å²) >= 11 is 0. The van der Waals surface area contributed by atoms with Crippen LogP contribution in [0.1, 0.15) is 45.9 Å². The Morgan fingerprint density at radius 2 is 2.00 bits per heavy atom. The molecule has 0 aromatic carbocycles. The van der Waals surface area contributed by atoms with Crippen LogP contribution in [0, 0.1) is 0 Å². The van der Waals surface area contributed by atoms with Crippen LogP contribution >= 0.6 is 0 Å². The van der Waals surface area contributed by atoms with Gasteiger partial charge < -0.3 is 14.3 Å². The molecular weight excluding hydrogens is 505 g/mol. The number of imidazole rings is 1. The highest BCUT2D eigenvalue weighted by atomic mass is 19.4. The number of nitrogens with zero attached hydrogens (tertiary/aromatic N) is 8. The maximum absolute atomic E-state index is 13.6. The van der Waals surface area contributed by atoms with Gasteiger partial charge in [0.15, 0.2) is 0 Å². The Morgan fingerprint density at radius 3 is 2.76 bits per heavy atom. The minimum Gasteiger partial charge on any atom is -0.411 e. The lowest BCUT2D eigenvalue weighted by Gasteiger charge is -2.32. The van der Waals surface area contributed by atoms with Crippen LogP contribution in [0.2, 0.25) is 0 Å². The minimum atomic E-state index is -4.61. The van der Waals surface area contributed by atoms with Crippen molar-refractivity contribution in [2.24, 2.45) is 0 Å². The topological polar surface area (TPSA) is 123 Å². The maximum Gasteiger partial charge on any atom is 0.418 e. The van der Waals surface area contributed by atoms with Gasteiger partial charge >= 0.3 is 24.5 Å². The predicted octanol–water partition coefficient (Wildman–Crippen LogP) is 3.51. The van der Waals surface area contributed by atoms with E-state index in [-0.39, 0.29) is 29.3 Å². The molecule has 37 heavy (non-hydrogen) atoms. The monoisotopic (exact) mass is 519 g/mol. The molecule has 1 atom stereocenters. The van der Waals surface area contributed by atoms with Gasteiger partial charge in [-0.15, -0.1) is 10.2 Å². The van der Waals surface area contributed by atoms with Crippen molar-refractivity contribution in [1.82, 2.24) is 44.5 Å². The van der Waals surface area contributed by atoms with Crippen LogP contribution in [0.5, 0.6) is 0 Å². The van der Waals surface area contributed by atoms with E-state index in [0.29, 0.717) is 22.5 Å². The lowest BCUT2D eigenvalue weighted by atomic mass is 9.99. The molecule has 5 aromatic heterocycles. The fourth-order valence-electron chi connectivity index (χ4n) is 4.30. The largest absolute Gasteiger partial charge is 0.418 e. The summed E-state index contributed by atoms with van der Waals surface area (Å²) in [5.41, 5.74) is 0.132. The number of fused-ring (bicyclic) bond motifs is 2. The molecule has 5 aromatic rings. The molecule has 1 amide bonds. The highest BCUT2D eigenvalue weighted by Gasteiger charge is 2.39. The lowest BCUT2D eigenvalue weighted by Crippen LogP contribution is -2.41. The fraction of sp³-hybridized carbons (Fsp3) is 0.238. The number of rotatable bonds is 4. The number of H-pyrrole nitrogens is 1. The molecule has 0 bridgehead atoms. The summed E-state index contributed by atoms with van der Waals surface area (Å²) in [6.45, 7) is -2.74. The Morgan fingerprint density at radius 1 is 1.16 bits per heavy atom. The van der Waals surface area contributed by atoms with E-state index >= 15 is 0 Å². The minimum absolute atomic E-state index is 0.0586. The van der Waals surface area contributed by atoms with Crippen LogP contribution in [-0.4, -0.2) is 56.9 Å². The molecule has 190 valence electrons. The van der Waals surface area contributed by atoms with Crippen LogP contribution in [-0.2, 0) is 12.6 Å². The summed E-state index contributed by atoms with van der Waals surface area (Å²) in [6.07, 6.45) is -0.427. The number of pyridine rings is 1. The fourth-order valence-corrected chi connectivity index (χ4v) is 4.30. The van der Waals surface area contributed by atoms with Crippen molar-refractivity contribution in [1.29, 1.82) is 0 Å². The number of nitrogens with one attached hydrogen (secondary N) is 1. The van der Waals surface area contributed by atoms with Gasteiger partial charge in [-0.3, -0.25) is 4.79 Å². The lowest BCUT2D eigenvalue weighted by molar-refractivity contribution is -0.136. The Balaban J connectivity index is 1.39. The molecule has 0 aliphatic carbocycles. The molecular formula is C21H14F5N9O2. The van der Waals surface area contributed by atoms with E-state index in [9.17, 15) is 26.7 Å². The summed E-state index contributed by atoms with van der Waals surface area (Å²) in [5.74, 6) is -1.44. The number of hydrogen-bond donors (Lipinski definition) is 1. The highest BCUT2D eigenvalue weighted by molar-refractivity contribution is 5.90. The van der Waals surface area contributed by atoms with Gasteiger partial charge in [-0.2, -0.15) is 32.1 Å². The summed E-state index contributed by atoms with van der Waals surface area (Å²) in [6, 6.07) is 3.69. The number of carbonyl (C=O) groups excluding carboxylic acids is 1. The molecule has 0 saturated carbocycles. The van der Waals surface area contributed by atoms with E-state index in [0.717, 1.165) is 16.8 Å². The van der Waals surface area contributed by atoms with Crippen molar-refractivity contribution in [3.8, 4) is 11.6 Å². The summed E-state index contributed by atoms with van der Waals surface area (Å²) < 4.78 is 73.3. The Kier molecular flexibility index (Phi) is 5.06. The van der Waals surface area contributed by atoms with Crippen LogP contribution < -0.4 is 0 Å². The summed E-state index contributed by atoms with van der Waals surface area (Å²) in [7, 11) is 0. The van der Waals surface area contributed by atoms with Crippen molar-refractivity contribution in [2.45, 2.75) is 25.2 Å². The SMILES string of the molecule is O=C(c1nnc(-c2ccn(C(F)F)n2)o1)N1CCc2[nH]cnc2C1c1cc2c(C(F)(F)F)cccn2n1. The summed E-state index contributed by atoms with van der Waals surface area (Å²) in [5, 5.41) is 15.4. The normalized spacial score (nSPS) is 16.1. The third-order valence-electron chi connectivity index (χ3n) is 5.93. The molecule has 0 fully saturated rings. The zero-order chi connectivity index (χ0) is 25.9. The smallest absolute Gasteiger partial charge is 0.411 e. The van der Waals surface area contributed by atoms with Gasteiger partial charge in [-0.1, -0.05) is 0 Å². The third-order valence-corrected chi connectivity index (χ3v) is 5.93. The predicted molar refractivity (Wildman–Crippen MR) is 112 cm³/mol. The van der Waals surface area contributed by atoms with E-state index < -0.39 is 36.1 Å². The second kappa shape index (κ2) is 8.21. The number of alkyl halides is 5. The highest BCUT2D eigenvalue weighted by Crippen LogP contribution is 2.37. The second-order valence-electron chi connectivity index (χ2n) is 8.11. The third kappa shape index (κ3) is 3.80. The van der Waals surface area contributed by atoms with Gasteiger partial charge in [0.05, 0.1) is 28.8 Å².